The summed E-state index contributed by atoms with van der Waals surface area (Å²) in [6.45, 7) is 9.36. The van der Waals surface area contributed by atoms with Crippen molar-refractivity contribution in [1.29, 1.82) is 0 Å². The lowest BCUT2D eigenvalue weighted by Crippen LogP contribution is -2.55. The van der Waals surface area contributed by atoms with Crippen molar-refractivity contribution in [2.45, 2.75) is 52.6 Å². The van der Waals surface area contributed by atoms with Crippen molar-refractivity contribution in [2.24, 2.45) is 0 Å². The summed E-state index contributed by atoms with van der Waals surface area (Å²) < 4.78 is 0. The van der Waals surface area contributed by atoms with Crippen LogP contribution in [0.25, 0.3) is 0 Å². The van der Waals surface area contributed by atoms with E-state index >= 15 is 0 Å². The van der Waals surface area contributed by atoms with Gasteiger partial charge in [0.05, 0.1) is 13.0 Å². The summed E-state index contributed by atoms with van der Waals surface area (Å²) in [5, 5.41) is 23.9. The highest BCUT2D eigenvalue weighted by molar-refractivity contribution is 6.09. The third kappa shape index (κ3) is 14.5. The number of rotatable bonds is 13. The Labute approximate surface area is 276 Å². The summed E-state index contributed by atoms with van der Waals surface area (Å²) in [6.07, 6.45) is 6.99. The Kier molecular flexibility index (Phi) is 18.7. The lowest BCUT2D eigenvalue weighted by Gasteiger charge is -2.26. The first-order valence-electron chi connectivity index (χ1n) is 15.2. The number of nitrogens with one attached hydrogen (secondary N) is 2. The lowest BCUT2D eigenvalue weighted by molar-refractivity contribution is -0.137. The fourth-order valence-electron chi connectivity index (χ4n) is 4.07. The van der Waals surface area contributed by atoms with E-state index in [9.17, 15) is 34.2 Å². The summed E-state index contributed by atoms with van der Waals surface area (Å²) in [4.78, 5) is 63.3. The third-order valence-corrected chi connectivity index (χ3v) is 6.26. The van der Waals surface area contributed by atoms with Gasteiger partial charge in [0.1, 0.15) is 18.6 Å². The summed E-state index contributed by atoms with van der Waals surface area (Å²) in [6, 6.07) is 20.8. The molecule has 3 aromatic rings. The van der Waals surface area contributed by atoms with E-state index in [0.29, 0.717) is 16.7 Å². The fourth-order valence-corrected chi connectivity index (χ4v) is 4.07. The molecule has 10 heteroatoms. The van der Waals surface area contributed by atoms with Crippen LogP contribution in [0.1, 0.15) is 55.6 Å². The SMILES string of the molecule is C/C=C\CC.C=CC.CC(NC(=O)Cc1cccc(C(=O)c2ccccc2)c1)C(=O)N[C@@H](CO)C(=O)N(CC(=O)O)c1ccccc1. The zero-order chi connectivity index (χ0) is 35.2. The van der Waals surface area contributed by atoms with E-state index in [2.05, 4.69) is 36.3 Å². The van der Waals surface area contributed by atoms with Crippen LogP contribution < -0.4 is 15.5 Å². The smallest absolute Gasteiger partial charge is 0.323 e. The molecule has 0 saturated carbocycles. The number of carbonyl (C=O) groups is 5. The first-order chi connectivity index (χ1) is 22.5. The molecule has 4 N–H and O–H groups in total. The van der Waals surface area contributed by atoms with Gasteiger partial charge in [-0.25, -0.2) is 0 Å². The molecular weight excluding hydrogens is 598 g/mol. The first kappa shape index (κ1) is 39.7. The number of carboxylic acids is 1. The summed E-state index contributed by atoms with van der Waals surface area (Å²) in [5.41, 5.74) is 1.79. The molecule has 0 heterocycles. The number of hydrogen-bond donors (Lipinski definition) is 4. The van der Waals surface area contributed by atoms with Gasteiger partial charge in [0.25, 0.3) is 5.91 Å². The van der Waals surface area contributed by atoms with Crippen molar-refractivity contribution in [1.82, 2.24) is 10.6 Å². The molecule has 0 spiro atoms. The number of para-hydroxylation sites is 1. The second-order valence-corrected chi connectivity index (χ2v) is 10.1. The lowest BCUT2D eigenvalue weighted by atomic mass is 10.0. The number of ketones is 1. The van der Waals surface area contributed by atoms with Crippen LogP contribution in [-0.2, 0) is 25.6 Å². The van der Waals surface area contributed by atoms with E-state index in [1.807, 2.05) is 19.9 Å². The summed E-state index contributed by atoms with van der Waals surface area (Å²) >= 11 is 0. The number of aliphatic carboxylic acids is 1. The van der Waals surface area contributed by atoms with Crippen molar-refractivity contribution in [3.63, 3.8) is 0 Å². The minimum Gasteiger partial charge on any atom is -0.480 e. The number of anilines is 1. The monoisotopic (exact) mass is 643 g/mol. The number of amides is 3. The van der Waals surface area contributed by atoms with Crippen LogP contribution in [0, 0.1) is 0 Å². The molecule has 3 aromatic carbocycles. The highest BCUT2D eigenvalue weighted by Crippen LogP contribution is 2.15. The number of aliphatic hydroxyl groups is 1. The first-order valence-corrected chi connectivity index (χ1v) is 15.2. The maximum absolute atomic E-state index is 13.0. The Hall–Kier alpha value is -5.35. The zero-order valence-electron chi connectivity index (χ0n) is 27.4. The molecule has 0 aliphatic rings. The number of carbonyl (C=O) groups excluding carboxylic acids is 4. The van der Waals surface area contributed by atoms with Crippen molar-refractivity contribution < 1.29 is 34.2 Å². The van der Waals surface area contributed by atoms with Crippen molar-refractivity contribution >= 4 is 35.2 Å². The largest absolute Gasteiger partial charge is 0.480 e. The quantitative estimate of drug-likeness (QED) is 0.155. The van der Waals surface area contributed by atoms with Crippen LogP contribution >= 0.6 is 0 Å². The highest BCUT2D eigenvalue weighted by atomic mass is 16.4. The van der Waals surface area contributed by atoms with E-state index in [1.165, 1.54) is 19.1 Å². The van der Waals surface area contributed by atoms with Gasteiger partial charge in [-0.2, -0.15) is 0 Å². The predicted molar refractivity (Wildman–Crippen MR) is 184 cm³/mol. The van der Waals surface area contributed by atoms with Crippen LogP contribution in [0.2, 0.25) is 0 Å². The molecule has 1 unspecified atom stereocenters. The minimum absolute atomic E-state index is 0.101. The molecule has 10 nitrogen and oxygen atoms in total. The average Bonchev–Trinajstić information content (AvgIpc) is 3.07. The molecular formula is C37H45N3O7. The molecule has 47 heavy (non-hydrogen) atoms. The van der Waals surface area contributed by atoms with Crippen LogP contribution in [-0.4, -0.2) is 64.9 Å². The van der Waals surface area contributed by atoms with Crippen LogP contribution in [0.4, 0.5) is 5.69 Å². The number of nitrogens with zero attached hydrogens (tertiary/aromatic N) is 1. The van der Waals surface area contributed by atoms with E-state index in [4.69, 9.17) is 0 Å². The fraction of sp³-hybridized carbons (Fsp3) is 0.270. The molecule has 3 rings (SSSR count). The normalized spacial score (nSPS) is 11.3. The molecule has 0 aliphatic carbocycles. The Balaban J connectivity index is 0.00000124. The Bertz CT molecular complexity index is 1470. The van der Waals surface area contributed by atoms with Crippen LogP contribution in [0.3, 0.4) is 0 Å². The molecule has 2 atom stereocenters. The van der Waals surface area contributed by atoms with Gasteiger partial charge in [-0.15, -0.1) is 6.58 Å². The molecule has 0 aromatic heterocycles. The standard InChI is InChI=1S/C29H29N3O7.C5H10.C3H6/c1-19(28(38)31-24(18-33)29(39)32(17-26(35)36)23-13-6-3-7-14-23)30-25(34)16-20-9-8-12-22(15-20)27(37)21-10-4-2-5-11-21;1-3-5-4-2;1-3-2/h2-15,19,24,33H,16-18H2,1H3,(H,30,34)(H,31,38)(H,35,36);3,5H,4H2,1-2H3;3H,1H2,2H3/b;5-3-;/t19?,24-;;/m0../s1. The maximum atomic E-state index is 13.0. The Morgan fingerprint density at radius 2 is 1.45 bits per heavy atom. The second kappa shape index (κ2) is 22.2. The number of aliphatic hydroxyl groups excluding tert-OH is 1. The van der Waals surface area contributed by atoms with Gasteiger partial charge in [0, 0.05) is 16.8 Å². The minimum atomic E-state index is -1.43. The molecule has 3 amide bonds. The number of carboxylic acid groups (broad SMARTS) is 1. The number of allylic oxidation sites excluding steroid dienone is 3. The molecule has 250 valence electrons. The van der Waals surface area contributed by atoms with Gasteiger partial charge in [-0.3, -0.25) is 28.9 Å². The predicted octanol–water partition coefficient (Wildman–Crippen LogP) is 4.72. The molecule has 0 saturated heterocycles. The van der Waals surface area contributed by atoms with Gasteiger partial charge < -0.3 is 20.8 Å². The van der Waals surface area contributed by atoms with Crippen LogP contribution in [0.15, 0.2) is 110 Å². The topological polar surface area (TPSA) is 153 Å². The third-order valence-electron chi connectivity index (χ3n) is 6.26. The van der Waals surface area contributed by atoms with Gasteiger partial charge in [0.2, 0.25) is 11.8 Å². The van der Waals surface area contributed by atoms with Crippen molar-refractivity contribution in [2.75, 3.05) is 18.1 Å². The van der Waals surface area contributed by atoms with E-state index in [-0.39, 0.29) is 17.9 Å². The average molecular weight is 644 g/mol. The van der Waals surface area contributed by atoms with Gasteiger partial charge in [-0.05, 0) is 51.0 Å². The molecule has 0 fully saturated rings. The van der Waals surface area contributed by atoms with Gasteiger partial charge in [-0.1, -0.05) is 91.9 Å². The number of hydrogen-bond acceptors (Lipinski definition) is 6. The number of benzene rings is 3. The van der Waals surface area contributed by atoms with E-state index in [1.54, 1.807) is 72.8 Å². The maximum Gasteiger partial charge on any atom is 0.323 e. The van der Waals surface area contributed by atoms with E-state index < -0.39 is 48.9 Å². The molecule has 0 aliphatic heterocycles. The summed E-state index contributed by atoms with van der Waals surface area (Å²) in [7, 11) is 0. The molecule has 0 bridgehead atoms. The Morgan fingerprint density at radius 1 is 0.872 bits per heavy atom. The molecule has 0 radical (unpaired) electrons. The zero-order valence-corrected chi connectivity index (χ0v) is 27.4. The van der Waals surface area contributed by atoms with Crippen molar-refractivity contribution in [3.05, 3.63) is 126 Å². The second-order valence-electron chi connectivity index (χ2n) is 10.1. The summed E-state index contributed by atoms with van der Waals surface area (Å²) in [5.74, 6) is -3.52. The Morgan fingerprint density at radius 3 is 1.96 bits per heavy atom. The van der Waals surface area contributed by atoms with Gasteiger partial charge in [0.15, 0.2) is 5.78 Å². The van der Waals surface area contributed by atoms with E-state index in [0.717, 1.165) is 11.3 Å². The highest BCUT2D eigenvalue weighted by Gasteiger charge is 2.29. The van der Waals surface area contributed by atoms with Crippen molar-refractivity contribution in [3.8, 4) is 0 Å². The van der Waals surface area contributed by atoms with Crippen LogP contribution in [0.5, 0.6) is 0 Å². The van der Waals surface area contributed by atoms with Gasteiger partial charge >= 0.3 is 5.97 Å².